The van der Waals surface area contributed by atoms with E-state index in [4.69, 9.17) is 0 Å². The van der Waals surface area contributed by atoms with Gasteiger partial charge in [0.05, 0.1) is 34.6 Å². The zero-order valence-electron chi connectivity index (χ0n) is 14.9. The Hall–Kier alpha value is -3.01. The van der Waals surface area contributed by atoms with Crippen LogP contribution in [-0.2, 0) is 9.59 Å². The lowest BCUT2D eigenvalue weighted by Crippen LogP contribution is -2.50. The molecule has 0 radical (unpaired) electrons. The third-order valence-corrected chi connectivity index (χ3v) is 5.33. The molecule has 1 aliphatic rings. The van der Waals surface area contributed by atoms with Gasteiger partial charge in [-0.25, -0.2) is 4.98 Å². The molecule has 0 bridgehead atoms. The minimum Gasteiger partial charge on any atom is -0.333 e. The first-order chi connectivity index (χ1) is 13.8. The molecule has 0 aliphatic carbocycles. The molecule has 2 heterocycles. The first kappa shape index (κ1) is 19.3. The largest absolute Gasteiger partial charge is 0.409 e. The van der Waals surface area contributed by atoms with Crippen molar-refractivity contribution in [3.05, 3.63) is 48.5 Å². The molecule has 1 atom stereocenters. The number of hydrogen-bond acceptors (Lipinski definition) is 4. The van der Waals surface area contributed by atoms with Gasteiger partial charge < -0.3 is 10.3 Å². The number of aromatic amines is 1. The maximum Gasteiger partial charge on any atom is 0.409 e. The maximum atomic E-state index is 13.7. The zero-order chi connectivity index (χ0) is 20.6. The van der Waals surface area contributed by atoms with Gasteiger partial charge in [0.15, 0.2) is 5.16 Å². The highest BCUT2D eigenvalue weighted by Gasteiger charge is 2.48. The summed E-state index contributed by atoms with van der Waals surface area (Å²) < 4.78 is 41.1. The fourth-order valence-corrected chi connectivity index (χ4v) is 3.94. The number of imidazole rings is 1. The van der Waals surface area contributed by atoms with Gasteiger partial charge in [-0.2, -0.15) is 13.2 Å². The smallest absolute Gasteiger partial charge is 0.333 e. The number of halogens is 3. The second-order valence-electron chi connectivity index (χ2n) is 6.44. The standard InChI is InChI=1S/C19H15F3N4O2S/c20-19(21,22)15-9-16(27)23-13-7-3-4-8-14(13)26(15)17(28)10-29-18-24-11-5-1-2-6-12(11)25-18/h1-8,15H,9-10H2,(H,23,27)(H,24,25)/t15-/m0/s1. The molecule has 0 unspecified atom stereocenters. The lowest BCUT2D eigenvalue weighted by molar-refractivity contribution is -0.157. The van der Waals surface area contributed by atoms with Crippen LogP contribution in [0.3, 0.4) is 0 Å². The summed E-state index contributed by atoms with van der Waals surface area (Å²) in [6.07, 6.45) is -5.62. The number of amides is 2. The van der Waals surface area contributed by atoms with Gasteiger partial charge in [-0.05, 0) is 24.3 Å². The third-order valence-electron chi connectivity index (χ3n) is 4.47. The van der Waals surface area contributed by atoms with Crippen LogP contribution in [0, 0.1) is 0 Å². The first-order valence-electron chi connectivity index (χ1n) is 8.68. The summed E-state index contributed by atoms with van der Waals surface area (Å²) in [6, 6.07) is 11.0. The minimum atomic E-state index is -4.76. The van der Waals surface area contributed by atoms with Gasteiger partial charge in [0, 0.05) is 0 Å². The maximum absolute atomic E-state index is 13.7. The lowest BCUT2D eigenvalue weighted by atomic mass is 10.1. The summed E-state index contributed by atoms with van der Waals surface area (Å²) in [4.78, 5) is 32.9. The zero-order valence-corrected chi connectivity index (χ0v) is 15.7. The van der Waals surface area contributed by atoms with Crippen LogP contribution < -0.4 is 10.2 Å². The number of nitrogens with zero attached hydrogens (tertiary/aromatic N) is 2. The number of hydrogen-bond donors (Lipinski definition) is 2. The Kier molecular flexibility index (Phi) is 4.95. The Balaban J connectivity index is 1.63. The normalized spacial score (nSPS) is 17.0. The number of alkyl halides is 3. The van der Waals surface area contributed by atoms with Crippen molar-refractivity contribution >= 4 is 46.0 Å². The summed E-state index contributed by atoms with van der Waals surface area (Å²) in [5.74, 6) is -1.82. The number of rotatable bonds is 3. The number of thioether (sulfide) groups is 1. The molecule has 2 amide bonds. The van der Waals surface area contributed by atoms with Gasteiger partial charge in [-0.15, -0.1) is 0 Å². The van der Waals surface area contributed by atoms with E-state index in [0.29, 0.717) is 15.6 Å². The van der Waals surface area contributed by atoms with Crippen LogP contribution in [0.4, 0.5) is 24.5 Å². The molecule has 0 saturated carbocycles. The molecule has 2 aromatic carbocycles. The van der Waals surface area contributed by atoms with Gasteiger partial charge >= 0.3 is 6.18 Å². The Bertz CT molecular complexity index is 1050. The van der Waals surface area contributed by atoms with Crippen molar-refractivity contribution in [2.75, 3.05) is 16.0 Å². The Morgan fingerprint density at radius 2 is 1.90 bits per heavy atom. The van der Waals surface area contributed by atoms with Crippen LogP contribution in [0.2, 0.25) is 0 Å². The van der Waals surface area contributed by atoms with Crippen molar-refractivity contribution in [2.45, 2.75) is 23.8 Å². The molecule has 3 aromatic rings. The lowest BCUT2D eigenvalue weighted by Gasteiger charge is -2.31. The predicted octanol–water partition coefficient (Wildman–Crippen LogP) is 3.96. The second-order valence-corrected chi connectivity index (χ2v) is 7.40. The summed E-state index contributed by atoms with van der Waals surface area (Å²) in [5, 5.41) is 2.87. The van der Waals surface area contributed by atoms with Crippen molar-refractivity contribution < 1.29 is 22.8 Å². The molecule has 150 valence electrons. The topological polar surface area (TPSA) is 78.1 Å². The number of H-pyrrole nitrogens is 1. The number of aromatic nitrogens is 2. The highest BCUT2D eigenvalue weighted by atomic mass is 32.2. The molecule has 1 aliphatic heterocycles. The van der Waals surface area contributed by atoms with Crippen molar-refractivity contribution in [3.8, 4) is 0 Å². The van der Waals surface area contributed by atoms with E-state index in [9.17, 15) is 22.8 Å². The van der Waals surface area contributed by atoms with Crippen LogP contribution in [0.5, 0.6) is 0 Å². The molecule has 10 heteroatoms. The van der Waals surface area contributed by atoms with E-state index in [1.54, 1.807) is 12.1 Å². The SMILES string of the molecule is O=C1C[C@@H](C(F)(F)F)N(C(=O)CSc2nc3ccccc3[nH]2)c2ccccc2N1. The molecule has 1 aromatic heterocycles. The van der Waals surface area contributed by atoms with Gasteiger partial charge in [0.25, 0.3) is 0 Å². The first-order valence-corrected chi connectivity index (χ1v) is 9.66. The molecule has 4 rings (SSSR count). The number of fused-ring (bicyclic) bond motifs is 2. The van der Waals surface area contributed by atoms with Gasteiger partial charge in [-0.3, -0.25) is 14.5 Å². The number of nitrogens with one attached hydrogen (secondary N) is 2. The number of para-hydroxylation sites is 4. The fourth-order valence-electron chi connectivity index (χ4n) is 3.19. The summed E-state index contributed by atoms with van der Waals surface area (Å²) >= 11 is 1.01. The van der Waals surface area contributed by atoms with E-state index in [0.717, 1.165) is 17.3 Å². The monoisotopic (exact) mass is 420 g/mol. The summed E-state index contributed by atoms with van der Waals surface area (Å²) in [6.45, 7) is 0. The fraction of sp³-hybridized carbons (Fsp3) is 0.211. The van der Waals surface area contributed by atoms with Crippen LogP contribution >= 0.6 is 11.8 Å². The number of carbonyl (C=O) groups excluding carboxylic acids is 2. The molecule has 6 nitrogen and oxygen atoms in total. The van der Waals surface area contributed by atoms with Crippen LogP contribution in [0.25, 0.3) is 11.0 Å². The third kappa shape index (κ3) is 3.93. The van der Waals surface area contributed by atoms with E-state index in [-0.39, 0.29) is 17.1 Å². The molecule has 0 fully saturated rings. The van der Waals surface area contributed by atoms with Gasteiger partial charge in [-0.1, -0.05) is 36.0 Å². The summed E-state index contributed by atoms with van der Waals surface area (Å²) in [5.41, 5.74) is 1.67. The van der Waals surface area contributed by atoms with E-state index in [1.807, 2.05) is 18.2 Å². The molecule has 29 heavy (non-hydrogen) atoms. The van der Waals surface area contributed by atoms with E-state index >= 15 is 0 Å². The van der Waals surface area contributed by atoms with Crippen molar-refractivity contribution in [2.24, 2.45) is 0 Å². The number of benzene rings is 2. The van der Waals surface area contributed by atoms with Gasteiger partial charge in [0.1, 0.15) is 6.04 Å². The molecule has 0 spiro atoms. The molecule has 2 N–H and O–H groups in total. The second kappa shape index (κ2) is 7.43. The van der Waals surface area contributed by atoms with Gasteiger partial charge in [0.2, 0.25) is 11.8 Å². The van der Waals surface area contributed by atoms with Crippen molar-refractivity contribution in [3.63, 3.8) is 0 Å². The van der Waals surface area contributed by atoms with Crippen LogP contribution in [-0.4, -0.2) is 39.8 Å². The highest BCUT2D eigenvalue weighted by Crippen LogP contribution is 2.38. The van der Waals surface area contributed by atoms with Crippen LogP contribution in [0.1, 0.15) is 6.42 Å². The average Bonchev–Trinajstić information content (AvgIpc) is 3.02. The quantitative estimate of drug-likeness (QED) is 0.629. The summed E-state index contributed by atoms with van der Waals surface area (Å²) in [7, 11) is 0. The Morgan fingerprint density at radius 3 is 2.66 bits per heavy atom. The number of carbonyl (C=O) groups is 2. The molecular formula is C19H15F3N4O2S. The van der Waals surface area contributed by atoms with Crippen LogP contribution in [0.15, 0.2) is 53.7 Å². The minimum absolute atomic E-state index is 0.0240. The van der Waals surface area contributed by atoms with E-state index in [1.165, 1.54) is 18.2 Å². The Morgan fingerprint density at radius 1 is 1.17 bits per heavy atom. The molecule has 0 saturated heterocycles. The average molecular weight is 420 g/mol. The Labute approximate surface area is 167 Å². The van der Waals surface area contributed by atoms with E-state index in [2.05, 4.69) is 15.3 Å². The van der Waals surface area contributed by atoms with E-state index < -0.39 is 30.5 Å². The highest BCUT2D eigenvalue weighted by molar-refractivity contribution is 7.99. The number of anilines is 2. The molecular weight excluding hydrogens is 405 g/mol. The van der Waals surface area contributed by atoms with Crippen molar-refractivity contribution in [1.82, 2.24) is 9.97 Å². The van der Waals surface area contributed by atoms with Crippen molar-refractivity contribution in [1.29, 1.82) is 0 Å². The predicted molar refractivity (Wildman–Crippen MR) is 104 cm³/mol.